The third kappa shape index (κ3) is 3.51. The predicted molar refractivity (Wildman–Crippen MR) is 60.1 cm³/mol. The second kappa shape index (κ2) is 4.93. The second-order valence-corrected chi connectivity index (χ2v) is 7.91. The highest BCUT2D eigenvalue weighted by Gasteiger charge is 2.25. The fourth-order valence-electron chi connectivity index (χ4n) is 0.983. The van der Waals surface area contributed by atoms with Gasteiger partial charge in [-0.2, -0.15) is 0 Å². The lowest BCUT2D eigenvalue weighted by molar-refractivity contribution is 0.620. The van der Waals surface area contributed by atoms with Crippen molar-refractivity contribution in [3.63, 3.8) is 0 Å². The van der Waals surface area contributed by atoms with E-state index in [1.54, 1.807) is 0 Å². The summed E-state index contributed by atoms with van der Waals surface area (Å²) in [5.74, 6) is 0.858. The molecule has 0 aliphatic carbocycles. The van der Waals surface area contributed by atoms with Gasteiger partial charge in [0.2, 0.25) is 0 Å². The molecule has 0 aromatic carbocycles. The van der Waals surface area contributed by atoms with Crippen LogP contribution in [0.2, 0.25) is 0 Å². The summed E-state index contributed by atoms with van der Waals surface area (Å²) in [6.07, 6.45) is 2.69. The second-order valence-electron chi connectivity index (χ2n) is 3.23. The lowest BCUT2D eigenvalue weighted by atomic mass is 10.2. The van der Waals surface area contributed by atoms with Gasteiger partial charge in [0.1, 0.15) is 0 Å². The van der Waals surface area contributed by atoms with Gasteiger partial charge in [0, 0.05) is 0 Å². The van der Waals surface area contributed by atoms with E-state index in [1.807, 2.05) is 0 Å². The van der Waals surface area contributed by atoms with Crippen molar-refractivity contribution in [3.05, 3.63) is 0 Å². The topological polar surface area (TPSA) is 0 Å². The van der Waals surface area contributed by atoms with Gasteiger partial charge >= 0.3 is 0 Å². The maximum atomic E-state index is 2.31. The van der Waals surface area contributed by atoms with Gasteiger partial charge in [0.25, 0.3) is 0 Å². The quantitative estimate of drug-likeness (QED) is 0.637. The van der Waals surface area contributed by atoms with Crippen LogP contribution in [0.4, 0.5) is 0 Å². The first-order chi connectivity index (χ1) is 5.22. The van der Waals surface area contributed by atoms with Gasteiger partial charge in [-0.25, -0.2) is 0 Å². The maximum Gasteiger partial charge on any atom is 0.0620 e. The number of hydrogen-bond donors (Lipinski definition) is 0. The summed E-state index contributed by atoms with van der Waals surface area (Å²) in [6, 6.07) is 0. The van der Waals surface area contributed by atoms with Gasteiger partial charge < -0.3 is 0 Å². The van der Waals surface area contributed by atoms with Crippen LogP contribution in [-0.4, -0.2) is 9.16 Å². The van der Waals surface area contributed by atoms with Crippen molar-refractivity contribution in [2.75, 3.05) is 0 Å². The van der Waals surface area contributed by atoms with E-state index in [1.165, 1.54) is 12.8 Å². The molecule has 1 aliphatic heterocycles. The summed E-state index contributed by atoms with van der Waals surface area (Å²) in [5.41, 5.74) is 0. The van der Waals surface area contributed by atoms with Crippen molar-refractivity contribution < 1.29 is 0 Å². The average Bonchev–Trinajstić information content (AvgIpc) is 2.34. The molecule has 11 heavy (non-hydrogen) atoms. The van der Waals surface area contributed by atoms with E-state index in [0.29, 0.717) is 0 Å². The largest absolute Gasteiger partial charge is 0.131 e. The zero-order valence-electron chi connectivity index (χ0n) is 7.37. The Labute approximate surface area is 82.1 Å². The summed E-state index contributed by atoms with van der Waals surface area (Å²) < 4.78 is 1.73. The van der Waals surface area contributed by atoms with E-state index in [4.69, 9.17) is 0 Å². The number of thioether (sulfide) groups is 1. The van der Waals surface area contributed by atoms with Gasteiger partial charge in [-0.3, -0.25) is 0 Å². The Balaban J connectivity index is 2.19. The first kappa shape index (κ1) is 10.1. The maximum absolute atomic E-state index is 2.31. The van der Waals surface area contributed by atoms with Gasteiger partial charge in [-0.05, 0) is 18.8 Å². The van der Waals surface area contributed by atoms with Crippen LogP contribution in [0.5, 0.6) is 0 Å². The molecule has 0 saturated carbocycles. The first-order valence-electron chi connectivity index (χ1n) is 4.20. The molecule has 0 spiro atoms. The van der Waals surface area contributed by atoms with Crippen molar-refractivity contribution in [2.24, 2.45) is 5.92 Å². The Morgan fingerprint density at radius 1 is 1.18 bits per heavy atom. The molecule has 3 heteroatoms. The lowest BCUT2D eigenvalue weighted by Crippen LogP contribution is -1.99. The molecular formula is C8H16S3. The monoisotopic (exact) mass is 208 g/mol. The van der Waals surface area contributed by atoms with Crippen molar-refractivity contribution in [3.8, 4) is 0 Å². The molecule has 1 rings (SSSR count). The van der Waals surface area contributed by atoms with Crippen LogP contribution in [0.3, 0.4) is 0 Å². The summed E-state index contributed by atoms with van der Waals surface area (Å²) in [6.45, 7) is 6.90. The Morgan fingerprint density at radius 3 is 2.27 bits per heavy atom. The molecular weight excluding hydrogens is 192 g/mol. The zero-order valence-corrected chi connectivity index (χ0v) is 9.82. The molecule has 0 radical (unpaired) electrons. The van der Waals surface area contributed by atoms with Gasteiger partial charge in [0.15, 0.2) is 0 Å². The van der Waals surface area contributed by atoms with Crippen molar-refractivity contribution >= 4 is 33.3 Å². The van der Waals surface area contributed by atoms with Crippen LogP contribution in [0, 0.1) is 5.92 Å². The molecule has 1 aliphatic rings. The Kier molecular flexibility index (Phi) is 4.54. The highest BCUT2D eigenvalue weighted by atomic mass is 33.1. The molecule has 0 aromatic rings. The van der Waals surface area contributed by atoms with Gasteiger partial charge in [0.05, 0.1) is 9.16 Å². The number of rotatable bonds is 3. The third-order valence-electron chi connectivity index (χ3n) is 1.57. The molecule has 0 amide bonds. The van der Waals surface area contributed by atoms with E-state index in [2.05, 4.69) is 54.1 Å². The van der Waals surface area contributed by atoms with Crippen LogP contribution >= 0.6 is 33.3 Å². The first-order valence-corrected chi connectivity index (χ1v) is 7.41. The zero-order chi connectivity index (χ0) is 8.27. The Hall–Kier alpha value is 1.05. The summed E-state index contributed by atoms with van der Waals surface area (Å²) in [5, 5.41) is 0. The standard InChI is InChI=1S/C8H16S3/c1-4-7-9-8(11-10-7)5-6(2)3/h6-8H,4-5H2,1-3H3/t7-,8+/m0/s1. The minimum atomic E-state index is 0.858. The van der Waals surface area contributed by atoms with Crippen LogP contribution in [0.25, 0.3) is 0 Å². The Morgan fingerprint density at radius 2 is 1.82 bits per heavy atom. The van der Waals surface area contributed by atoms with E-state index < -0.39 is 0 Å². The summed E-state index contributed by atoms with van der Waals surface area (Å²) in [4.78, 5) is 0. The smallest absolute Gasteiger partial charge is 0.0620 e. The molecule has 0 aromatic heterocycles. The minimum Gasteiger partial charge on any atom is -0.131 e. The highest BCUT2D eigenvalue weighted by Crippen LogP contribution is 2.53. The lowest BCUT2D eigenvalue weighted by Gasteiger charge is -2.09. The Bertz CT molecular complexity index is 114. The van der Waals surface area contributed by atoms with E-state index >= 15 is 0 Å². The van der Waals surface area contributed by atoms with E-state index in [-0.39, 0.29) is 0 Å². The molecule has 0 unspecified atom stereocenters. The average molecular weight is 208 g/mol. The van der Waals surface area contributed by atoms with Crippen molar-refractivity contribution in [2.45, 2.75) is 42.8 Å². The molecule has 0 bridgehead atoms. The SMILES string of the molecule is CC[C@@H]1SS[C@H](CC(C)C)S1. The predicted octanol–water partition coefficient (Wildman–Crippen LogP) is 4.22. The van der Waals surface area contributed by atoms with E-state index in [0.717, 1.165) is 15.1 Å². The van der Waals surface area contributed by atoms with Gasteiger partial charge in [-0.1, -0.05) is 42.4 Å². The van der Waals surface area contributed by atoms with E-state index in [9.17, 15) is 0 Å². The molecule has 1 heterocycles. The normalized spacial score (nSPS) is 31.6. The fraction of sp³-hybridized carbons (Fsp3) is 1.00. The van der Waals surface area contributed by atoms with Gasteiger partial charge in [-0.15, -0.1) is 11.8 Å². The van der Waals surface area contributed by atoms with Crippen LogP contribution in [0.1, 0.15) is 33.6 Å². The molecule has 66 valence electrons. The fourth-order valence-corrected chi connectivity index (χ4v) is 7.26. The molecule has 1 saturated heterocycles. The van der Waals surface area contributed by atoms with Crippen LogP contribution in [0.15, 0.2) is 0 Å². The minimum absolute atomic E-state index is 0.858. The van der Waals surface area contributed by atoms with Crippen molar-refractivity contribution in [1.82, 2.24) is 0 Å². The summed E-state index contributed by atoms with van der Waals surface area (Å²) >= 11 is 2.16. The van der Waals surface area contributed by atoms with Crippen LogP contribution in [-0.2, 0) is 0 Å². The molecule has 2 atom stereocenters. The van der Waals surface area contributed by atoms with Crippen molar-refractivity contribution in [1.29, 1.82) is 0 Å². The van der Waals surface area contributed by atoms with Crippen LogP contribution < -0.4 is 0 Å². The molecule has 1 fully saturated rings. The summed E-state index contributed by atoms with van der Waals surface area (Å²) in [7, 11) is 4.16. The highest BCUT2D eigenvalue weighted by molar-refractivity contribution is 8.82. The molecule has 0 N–H and O–H groups in total. The third-order valence-corrected chi connectivity index (χ3v) is 7.47. The number of hydrogen-bond acceptors (Lipinski definition) is 3. The molecule has 0 nitrogen and oxygen atoms in total.